The third kappa shape index (κ3) is 4.53. The SMILES string of the molecule is c1ccc(C2CCCCCCCCCC2)cc1. The predicted octanol–water partition coefficient (Wildman–Crippen LogP) is 5.68. The highest BCUT2D eigenvalue weighted by molar-refractivity contribution is 5.19. The summed E-state index contributed by atoms with van der Waals surface area (Å²) in [7, 11) is 0. The largest absolute Gasteiger partial charge is 0.0622 e. The van der Waals surface area contributed by atoms with Gasteiger partial charge in [0.15, 0.2) is 0 Å². The summed E-state index contributed by atoms with van der Waals surface area (Å²) >= 11 is 0. The fourth-order valence-electron chi connectivity index (χ4n) is 3.05. The van der Waals surface area contributed by atoms with Crippen LogP contribution in [0.5, 0.6) is 0 Å². The Hall–Kier alpha value is -0.780. The van der Waals surface area contributed by atoms with Crippen molar-refractivity contribution in [2.45, 2.75) is 70.1 Å². The number of benzene rings is 1. The molecule has 17 heavy (non-hydrogen) atoms. The van der Waals surface area contributed by atoms with E-state index in [9.17, 15) is 0 Å². The topological polar surface area (TPSA) is 0 Å². The molecule has 0 N–H and O–H groups in total. The second-order valence-electron chi connectivity index (χ2n) is 5.51. The molecule has 0 atom stereocenters. The van der Waals surface area contributed by atoms with E-state index in [-0.39, 0.29) is 0 Å². The van der Waals surface area contributed by atoms with Gasteiger partial charge in [0.2, 0.25) is 0 Å². The summed E-state index contributed by atoms with van der Waals surface area (Å²) in [5, 5.41) is 0. The first-order chi connectivity index (χ1) is 8.47. The summed E-state index contributed by atoms with van der Waals surface area (Å²) in [6.07, 6.45) is 14.4. The Balaban J connectivity index is 1.93. The molecule has 0 amide bonds. The summed E-state index contributed by atoms with van der Waals surface area (Å²) < 4.78 is 0. The van der Waals surface area contributed by atoms with Crippen molar-refractivity contribution in [3.63, 3.8) is 0 Å². The molecule has 0 radical (unpaired) electrons. The molecule has 0 nitrogen and oxygen atoms in total. The number of rotatable bonds is 1. The molecule has 0 heteroatoms. The third-order valence-electron chi connectivity index (χ3n) is 4.13. The van der Waals surface area contributed by atoms with Gasteiger partial charge in [-0.2, -0.15) is 0 Å². The summed E-state index contributed by atoms with van der Waals surface area (Å²) in [5.74, 6) is 0.828. The molecule has 1 aromatic carbocycles. The average Bonchev–Trinajstić information content (AvgIpc) is 2.45. The van der Waals surface area contributed by atoms with E-state index in [1.54, 1.807) is 5.56 Å². The molecule has 1 aliphatic rings. The predicted molar refractivity (Wildman–Crippen MR) is 75.4 cm³/mol. The summed E-state index contributed by atoms with van der Waals surface area (Å²) in [6, 6.07) is 11.2. The van der Waals surface area contributed by atoms with Gasteiger partial charge in [-0.15, -0.1) is 0 Å². The van der Waals surface area contributed by atoms with Gasteiger partial charge in [-0.25, -0.2) is 0 Å². The minimum absolute atomic E-state index is 0.828. The van der Waals surface area contributed by atoms with Crippen LogP contribution in [0.15, 0.2) is 30.3 Å². The van der Waals surface area contributed by atoms with Gasteiger partial charge in [0.05, 0.1) is 0 Å². The molecule has 0 saturated heterocycles. The van der Waals surface area contributed by atoms with E-state index in [1.807, 2.05) is 0 Å². The van der Waals surface area contributed by atoms with E-state index >= 15 is 0 Å². The second-order valence-corrected chi connectivity index (χ2v) is 5.51. The monoisotopic (exact) mass is 230 g/mol. The Labute approximate surface area is 106 Å². The quantitative estimate of drug-likeness (QED) is 0.582. The summed E-state index contributed by atoms with van der Waals surface area (Å²) in [6.45, 7) is 0. The van der Waals surface area contributed by atoms with Crippen molar-refractivity contribution in [1.29, 1.82) is 0 Å². The van der Waals surface area contributed by atoms with Gasteiger partial charge in [0, 0.05) is 0 Å². The normalized spacial score (nSPS) is 20.7. The van der Waals surface area contributed by atoms with Gasteiger partial charge < -0.3 is 0 Å². The Morgan fingerprint density at radius 3 is 1.59 bits per heavy atom. The molecule has 1 aromatic rings. The molecule has 0 aliphatic heterocycles. The van der Waals surface area contributed by atoms with Gasteiger partial charge in [-0.1, -0.05) is 81.7 Å². The standard InChI is InChI=1S/C17H26/c1-2-4-6-9-13-16(12-8-5-3-1)17-14-10-7-11-15-17/h7,10-11,14-16H,1-6,8-9,12-13H2. The van der Waals surface area contributed by atoms with E-state index in [4.69, 9.17) is 0 Å². The Kier molecular flexibility index (Phi) is 5.61. The van der Waals surface area contributed by atoms with Crippen LogP contribution >= 0.6 is 0 Å². The fraction of sp³-hybridized carbons (Fsp3) is 0.647. The van der Waals surface area contributed by atoms with Crippen LogP contribution in [0.2, 0.25) is 0 Å². The van der Waals surface area contributed by atoms with Gasteiger partial charge in [-0.3, -0.25) is 0 Å². The van der Waals surface area contributed by atoms with Crippen LogP contribution in [0.3, 0.4) is 0 Å². The molecule has 0 bridgehead atoms. The zero-order valence-corrected chi connectivity index (χ0v) is 11.0. The van der Waals surface area contributed by atoms with Crippen molar-refractivity contribution in [1.82, 2.24) is 0 Å². The Morgan fingerprint density at radius 2 is 1.06 bits per heavy atom. The highest BCUT2D eigenvalue weighted by atomic mass is 14.2. The zero-order valence-electron chi connectivity index (χ0n) is 11.0. The van der Waals surface area contributed by atoms with E-state index in [1.165, 1.54) is 64.2 Å². The van der Waals surface area contributed by atoms with Gasteiger partial charge in [-0.05, 0) is 24.3 Å². The van der Waals surface area contributed by atoms with Crippen molar-refractivity contribution in [2.75, 3.05) is 0 Å². The lowest BCUT2D eigenvalue weighted by Crippen LogP contribution is -1.99. The van der Waals surface area contributed by atoms with Crippen LogP contribution < -0.4 is 0 Å². The van der Waals surface area contributed by atoms with E-state index in [2.05, 4.69) is 30.3 Å². The summed E-state index contributed by atoms with van der Waals surface area (Å²) in [5.41, 5.74) is 1.58. The highest BCUT2D eigenvalue weighted by Gasteiger charge is 2.11. The van der Waals surface area contributed by atoms with Gasteiger partial charge in [0.25, 0.3) is 0 Å². The minimum Gasteiger partial charge on any atom is -0.0622 e. The maximum Gasteiger partial charge on any atom is -0.0162 e. The number of hydrogen-bond donors (Lipinski definition) is 0. The lowest BCUT2D eigenvalue weighted by Gasteiger charge is -2.16. The van der Waals surface area contributed by atoms with E-state index in [0.29, 0.717) is 0 Å². The Bertz CT molecular complexity index is 276. The van der Waals surface area contributed by atoms with Gasteiger partial charge in [0.1, 0.15) is 0 Å². The maximum atomic E-state index is 2.32. The molecule has 94 valence electrons. The first kappa shape index (κ1) is 12.7. The van der Waals surface area contributed by atoms with Crippen LogP contribution in [0, 0.1) is 0 Å². The van der Waals surface area contributed by atoms with E-state index in [0.717, 1.165) is 5.92 Å². The minimum atomic E-state index is 0.828. The zero-order chi connectivity index (χ0) is 11.8. The van der Waals surface area contributed by atoms with Crippen LogP contribution in [-0.2, 0) is 0 Å². The van der Waals surface area contributed by atoms with Crippen LogP contribution in [0.4, 0.5) is 0 Å². The highest BCUT2D eigenvalue weighted by Crippen LogP contribution is 2.29. The average molecular weight is 230 g/mol. The summed E-state index contributed by atoms with van der Waals surface area (Å²) in [4.78, 5) is 0. The molecule has 0 unspecified atom stereocenters. The molecule has 0 spiro atoms. The van der Waals surface area contributed by atoms with Crippen LogP contribution in [-0.4, -0.2) is 0 Å². The lowest BCUT2D eigenvalue weighted by molar-refractivity contribution is 0.514. The fourth-order valence-corrected chi connectivity index (χ4v) is 3.05. The first-order valence-electron chi connectivity index (χ1n) is 7.52. The van der Waals surface area contributed by atoms with Crippen LogP contribution in [0.25, 0.3) is 0 Å². The Morgan fingerprint density at radius 1 is 0.588 bits per heavy atom. The second kappa shape index (κ2) is 7.53. The number of hydrogen-bond acceptors (Lipinski definition) is 0. The van der Waals surface area contributed by atoms with Gasteiger partial charge >= 0.3 is 0 Å². The molecule has 2 rings (SSSR count). The van der Waals surface area contributed by atoms with Crippen molar-refractivity contribution in [3.8, 4) is 0 Å². The molecule has 1 aliphatic carbocycles. The molecule has 1 fully saturated rings. The van der Waals surface area contributed by atoms with Crippen molar-refractivity contribution < 1.29 is 0 Å². The van der Waals surface area contributed by atoms with Crippen molar-refractivity contribution >= 4 is 0 Å². The molecule has 0 heterocycles. The molecule has 1 saturated carbocycles. The molecular formula is C17H26. The smallest absolute Gasteiger partial charge is 0.0162 e. The maximum absolute atomic E-state index is 2.32. The van der Waals surface area contributed by atoms with Crippen molar-refractivity contribution in [2.24, 2.45) is 0 Å². The van der Waals surface area contributed by atoms with E-state index < -0.39 is 0 Å². The third-order valence-corrected chi connectivity index (χ3v) is 4.13. The molecule has 0 aromatic heterocycles. The van der Waals surface area contributed by atoms with Crippen LogP contribution in [0.1, 0.15) is 75.7 Å². The van der Waals surface area contributed by atoms with Crippen molar-refractivity contribution in [3.05, 3.63) is 35.9 Å². The lowest BCUT2D eigenvalue weighted by atomic mass is 9.89. The molecular weight excluding hydrogens is 204 g/mol. The first-order valence-corrected chi connectivity index (χ1v) is 7.52.